The topological polar surface area (TPSA) is 33.6 Å². The first-order valence-electron chi connectivity index (χ1n) is 7.13. The maximum Gasteiger partial charge on any atom is 0.123 e. The number of nitrogens with one attached hydrogen (secondary N) is 1. The molecule has 0 unspecified atom stereocenters. The SMILES string of the molecule is Fc1ccc(-c2cccn2Cc2ccc3[nH]cnc3c2)cc1. The van der Waals surface area contributed by atoms with Gasteiger partial charge in [-0.15, -0.1) is 0 Å². The van der Waals surface area contributed by atoms with E-state index in [0.717, 1.165) is 28.8 Å². The molecule has 0 bridgehead atoms. The highest BCUT2D eigenvalue weighted by atomic mass is 19.1. The zero-order valence-electron chi connectivity index (χ0n) is 11.8. The first-order valence-corrected chi connectivity index (χ1v) is 7.13. The Morgan fingerprint density at radius 1 is 1.05 bits per heavy atom. The average molecular weight is 291 g/mol. The first kappa shape index (κ1) is 12.8. The van der Waals surface area contributed by atoms with Crippen LogP contribution in [0.1, 0.15) is 5.56 Å². The summed E-state index contributed by atoms with van der Waals surface area (Å²) >= 11 is 0. The Labute approximate surface area is 127 Å². The molecule has 22 heavy (non-hydrogen) atoms. The minimum Gasteiger partial charge on any atom is -0.345 e. The number of nitrogens with zero attached hydrogens (tertiary/aromatic N) is 2. The Balaban J connectivity index is 1.68. The minimum absolute atomic E-state index is 0.217. The van der Waals surface area contributed by atoms with Gasteiger partial charge < -0.3 is 9.55 Å². The van der Waals surface area contributed by atoms with E-state index >= 15 is 0 Å². The number of benzene rings is 2. The molecule has 3 nitrogen and oxygen atoms in total. The number of H-pyrrole nitrogens is 1. The maximum atomic E-state index is 13.1. The zero-order valence-corrected chi connectivity index (χ0v) is 11.8. The van der Waals surface area contributed by atoms with Crippen molar-refractivity contribution >= 4 is 11.0 Å². The van der Waals surface area contributed by atoms with Gasteiger partial charge in [0.2, 0.25) is 0 Å². The Morgan fingerprint density at radius 2 is 1.91 bits per heavy atom. The molecule has 4 heteroatoms. The van der Waals surface area contributed by atoms with E-state index in [2.05, 4.69) is 26.7 Å². The van der Waals surface area contributed by atoms with Crippen molar-refractivity contribution in [2.45, 2.75) is 6.54 Å². The molecule has 108 valence electrons. The van der Waals surface area contributed by atoms with Crippen molar-refractivity contribution in [3.05, 3.63) is 78.5 Å². The summed E-state index contributed by atoms with van der Waals surface area (Å²) in [6, 6.07) is 16.8. The van der Waals surface area contributed by atoms with Crippen LogP contribution in [0.5, 0.6) is 0 Å². The number of halogens is 1. The van der Waals surface area contributed by atoms with E-state index in [1.807, 2.05) is 24.4 Å². The smallest absolute Gasteiger partial charge is 0.123 e. The van der Waals surface area contributed by atoms with Crippen LogP contribution < -0.4 is 0 Å². The van der Waals surface area contributed by atoms with Gasteiger partial charge in [-0.1, -0.05) is 6.07 Å². The standard InChI is InChI=1S/C18H14FN3/c19-15-6-4-14(5-7-15)18-2-1-9-22(18)11-13-3-8-16-17(10-13)21-12-20-16/h1-10,12H,11H2,(H,20,21). The van der Waals surface area contributed by atoms with Gasteiger partial charge in [0.25, 0.3) is 0 Å². The van der Waals surface area contributed by atoms with Crippen LogP contribution in [0.2, 0.25) is 0 Å². The number of aromatic nitrogens is 3. The predicted octanol–water partition coefficient (Wildman–Crippen LogP) is 4.22. The second kappa shape index (κ2) is 5.15. The van der Waals surface area contributed by atoms with Gasteiger partial charge >= 0.3 is 0 Å². The van der Waals surface area contributed by atoms with Gasteiger partial charge in [0.15, 0.2) is 0 Å². The van der Waals surface area contributed by atoms with Gasteiger partial charge in [-0.25, -0.2) is 9.37 Å². The molecule has 2 aromatic heterocycles. The molecule has 0 spiro atoms. The van der Waals surface area contributed by atoms with E-state index < -0.39 is 0 Å². The summed E-state index contributed by atoms with van der Waals surface area (Å²) in [5, 5.41) is 0. The van der Waals surface area contributed by atoms with Crippen molar-refractivity contribution in [1.29, 1.82) is 0 Å². The molecule has 0 radical (unpaired) electrons. The lowest BCUT2D eigenvalue weighted by molar-refractivity contribution is 0.628. The van der Waals surface area contributed by atoms with Crippen LogP contribution in [-0.2, 0) is 6.54 Å². The third kappa shape index (κ3) is 2.29. The Hall–Kier alpha value is -2.88. The second-order valence-electron chi connectivity index (χ2n) is 5.28. The number of imidazole rings is 1. The molecule has 1 N–H and O–H groups in total. The second-order valence-corrected chi connectivity index (χ2v) is 5.28. The molecule has 4 aromatic rings. The van der Waals surface area contributed by atoms with Gasteiger partial charge in [0.1, 0.15) is 5.82 Å². The lowest BCUT2D eigenvalue weighted by Gasteiger charge is -2.10. The van der Waals surface area contributed by atoms with Crippen molar-refractivity contribution in [2.75, 3.05) is 0 Å². The molecule has 4 rings (SSSR count). The number of hydrogen-bond donors (Lipinski definition) is 1. The molecule has 0 atom stereocenters. The van der Waals surface area contributed by atoms with E-state index in [9.17, 15) is 4.39 Å². The first-order chi connectivity index (χ1) is 10.8. The fourth-order valence-corrected chi connectivity index (χ4v) is 2.71. The predicted molar refractivity (Wildman–Crippen MR) is 85.0 cm³/mol. The largest absolute Gasteiger partial charge is 0.345 e. The van der Waals surface area contributed by atoms with E-state index in [4.69, 9.17) is 0 Å². The van der Waals surface area contributed by atoms with E-state index in [1.54, 1.807) is 18.5 Å². The summed E-state index contributed by atoms with van der Waals surface area (Å²) in [4.78, 5) is 7.39. The van der Waals surface area contributed by atoms with Crippen LogP contribution in [0.25, 0.3) is 22.3 Å². The third-order valence-electron chi connectivity index (χ3n) is 3.81. The van der Waals surface area contributed by atoms with Gasteiger partial charge in [0, 0.05) is 18.4 Å². The summed E-state index contributed by atoms with van der Waals surface area (Å²) < 4.78 is 15.2. The van der Waals surface area contributed by atoms with Gasteiger partial charge in [-0.05, 0) is 59.7 Å². The fourth-order valence-electron chi connectivity index (χ4n) is 2.71. The highest BCUT2D eigenvalue weighted by Crippen LogP contribution is 2.22. The number of hydrogen-bond acceptors (Lipinski definition) is 1. The van der Waals surface area contributed by atoms with Crippen LogP contribution in [0.3, 0.4) is 0 Å². The summed E-state index contributed by atoms with van der Waals surface area (Å²) in [5.74, 6) is -0.217. The number of rotatable bonds is 3. The maximum absolute atomic E-state index is 13.1. The molecule has 0 fully saturated rings. The molecular formula is C18H14FN3. The highest BCUT2D eigenvalue weighted by molar-refractivity contribution is 5.75. The van der Waals surface area contributed by atoms with Crippen molar-refractivity contribution < 1.29 is 4.39 Å². The molecule has 0 saturated carbocycles. The Morgan fingerprint density at radius 3 is 2.77 bits per heavy atom. The third-order valence-corrected chi connectivity index (χ3v) is 3.81. The Bertz CT molecular complexity index is 919. The van der Waals surface area contributed by atoms with Crippen molar-refractivity contribution in [2.24, 2.45) is 0 Å². The van der Waals surface area contributed by atoms with Gasteiger partial charge in [-0.3, -0.25) is 0 Å². The summed E-state index contributed by atoms with van der Waals surface area (Å²) in [5.41, 5.74) is 5.26. The van der Waals surface area contributed by atoms with Crippen molar-refractivity contribution in [3.63, 3.8) is 0 Å². The van der Waals surface area contributed by atoms with Crippen LogP contribution in [0.15, 0.2) is 67.1 Å². The van der Waals surface area contributed by atoms with E-state index in [0.29, 0.717) is 0 Å². The Kier molecular flexibility index (Phi) is 3.00. The molecule has 0 aliphatic carbocycles. The average Bonchev–Trinajstić information content (AvgIpc) is 3.17. The van der Waals surface area contributed by atoms with E-state index in [1.165, 1.54) is 17.7 Å². The molecule has 0 aliphatic heterocycles. The van der Waals surface area contributed by atoms with Crippen molar-refractivity contribution in [1.82, 2.24) is 14.5 Å². The summed E-state index contributed by atoms with van der Waals surface area (Å²) in [6.45, 7) is 0.752. The molecule has 2 aromatic carbocycles. The molecule has 0 saturated heterocycles. The van der Waals surface area contributed by atoms with Crippen LogP contribution in [0.4, 0.5) is 4.39 Å². The van der Waals surface area contributed by atoms with Crippen LogP contribution in [-0.4, -0.2) is 14.5 Å². The van der Waals surface area contributed by atoms with Gasteiger partial charge in [0.05, 0.1) is 17.4 Å². The van der Waals surface area contributed by atoms with Crippen LogP contribution in [0, 0.1) is 5.82 Å². The van der Waals surface area contributed by atoms with E-state index in [-0.39, 0.29) is 5.82 Å². The van der Waals surface area contributed by atoms with Crippen LogP contribution >= 0.6 is 0 Å². The number of fused-ring (bicyclic) bond motifs is 1. The molecule has 0 aliphatic rings. The fraction of sp³-hybridized carbons (Fsp3) is 0.0556. The normalized spacial score (nSPS) is 11.1. The monoisotopic (exact) mass is 291 g/mol. The molecule has 0 amide bonds. The molecule has 2 heterocycles. The summed E-state index contributed by atoms with van der Waals surface area (Å²) in [6.07, 6.45) is 3.74. The van der Waals surface area contributed by atoms with Crippen molar-refractivity contribution in [3.8, 4) is 11.3 Å². The number of aromatic amines is 1. The lowest BCUT2D eigenvalue weighted by atomic mass is 10.1. The summed E-state index contributed by atoms with van der Waals surface area (Å²) in [7, 11) is 0. The minimum atomic E-state index is -0.217. The quantitative estimate of drug-likeness (QED) is 0.602. The lowest BCUT2D eigenvalue weighted by Crippen LogP contribution is -2.00. The van der Waals surface area contributed by atoms with Gasteiger partial charge in [-0.2, -0.15) is 0 Å². The molecular weight excluding hydrogens is 277 g/mol. The highest BCUT2D eigenvalue weighted by Gasteiger charge is 2.06. The zero-order chi connectivity index (χ0) is 14.9.